The van der Waals surface area contributed by atoms with Crippen LogP contribution in [0, 0.1) is 0 Å². The van der Waals surface area contributed by atoms with Gasteiger partial charge in [-0.3, -0.25) is 4.79 Å². The highest BCUT2D eigenvalue weighted by Gasteiger charge is 2.19. The van der Waals surface area contributed by atoms with Crippen molar-refractivity contribution in [2.24, 2.45) is 0 Å². The molecule has 0 saturated carbocycles. The van der Waals surface area contributed by atoms with Crippen molar-refractivity contribution < 1.29 is 14.3 Å². The van der Waals surface area contributed by atoms with Crippen LogP contribution >= 0.6 is 11.8 Å². The lowest BCUT2D eigenvalue weighted by Crippen LogP contribution is -2.17. The first-order chi connectivity index (χ1) is 12.1. The molecular weight excluding hydrogens is 340 g/mol. The van der Waals surface area contributed by atoms with Crippen molar-refractivity contribution in [1.82, 2.24) is 20.2 Å². The van der Waals surface area contributed by atoms with E-state index in [1.54, 1.807) is 16.8 Å². The van der Waals surface area contributed by atoms with Crippen molar-refractivity contribution in [3.63, 3.8) is 0 Å². The number of hydrogen-bond donors (Lipinski definition) is 0. The molecular formula is C17H22N4O3S. The summed E-state index contributed by atoms with van der Waals surface area (Å²) in [5.41, 5.74) is 0.654. The highest BCUT2D eigenvalue weighted by molar-refractivity contribution is 7.99. The van der Waals surface area contributed by atoms with E-state index in [0.29, 0.717) is 17.3 Å². The van der Waals surface area contributed by atoms with E-state index in [2.05, 4.69) is 15.5 Å². The second-order valence-electron chi connectivity index (χ2n) is 6.18. The van der Waals surface area contributed by atoms with E-state index in [1.165, 1.54) is 11.8 Å². The fraction of sp³-hybridized carbons (Fsp3) is 0.529. The molecule has 0 spiro atoms. The van der Waals surface area contributed by atoms with Gasteiger partial charge in [-0.2, -0.15) is 0 Å². The molecule has 0 amide bonds. The Morgan fingerprint density at radius 1 is 1.40 bits per heavy atom. The number of aromatic nitrogens is 4. The molecule has 1 aliphatic heterocycles. The molecule has 1 aliphatic rings. The van der Waals surface area contributed by atoms with Crippen LogP contribution in [-0.4, -0.2) is 50.6 Å². The molecule has 7 nitrogen and oxygen atoms in total. The zero-order chi connectivity index (χ0) is 17.6. The highest BCUT2D eigenvalue weighted by Crippen LogP contribution is 2.20. The summed E-state index contributed by atoms with van der Waals surface area (Å²) in [6.45, 7) is 5.36. The summed E-state index contributed by atoms with van der Waals surface area (Å²) in [5, 5.41) is 12.4. The van der Waals surface area contributed by atoms with Gasteiger partial charge >= 0.3 is 0 Å². The van der Waals surface area contributed by atoms with Crippen molar-refractivity contribution in [3.8, 4) is 5.75 Å². The monoisotopic (exact) mass is 362 g/mol. The lowest BCUT2D eigenvalue weighted by atomic mass is 10.1. The number of nitrogens with zero attached hydrogens (tertiary/aromatic N) is 4. The lowest BCUT2D eigenvalue weighted by molar-refractivity contribution is 0.0912. The van der Waals surface area contributed by atoms with Crippen LogP contribution in [0.3, 0.4) is 0 Å². The molecule has 3 rings (SSSR count). The number of carbonyl (C=O) groups excluding carboxylic acids is 1. The molecule has 0 aliphatic carbocycles. The second kappa shape index (κ2) is 8.44. The summed E-state index contributed by atoms with van der Waals surface area (Å²) in [5.74, 6) is 1.09. The fourth-order valence-corrected chi connectivity index (χ4v) is 3.38. The Kier molecular flexibility index (Phi) is 6.04. The number of thioether (sulfide) groups is 1. The first-order valence-corrected chi connectivity index (χ1v) is 9.41. The lowest BCUT2D eigenvalue weighted by Gasteiger charge is -2.10. The van der Waals surface area contributed by atoms with Gasteiger partial charge in [0.2, 0.25) is 5.16 Å². The molecule has 0 unspecified atom stereocenters. The van der Waals surface area contributed by atoms with Crippen LogP contribution in [0.25, 0.3) is 0 Å². The summed E-state index contributed by atoms with van der Waals surface area (Å²) in [4.78, 5) is 12.4. The van der Waals surface area contributed by atoms with Gasteiger partial charge in [-0.1, -0.05) is 11.8 Å². The zero-order valence-corrected chi connectivity index (χ0v) is 15.2. The number of hydrogen-bond acceptors (Lipinski definition) is 7. The minimum absolute atomic E-state index is 0.0350. The van der Waals surface area contributed by atoms with Crippen LogP contribution in [-0.2, 0) is 11.3 Å². The van der Waals surface area contributed by atoms with E-state index in [0.717, 1.165) is 25.2 Å². The van der Waals surface area contributed by atoms with Gasteiger partial charge in [0.1, 0.15) is 5.75 Å². The largest absolute Gasteiger partial charge is 0.491 e. The molecule has 1 aromatic heterocycles. The molecule has 134 valence electrons. The Bertz CT molecular complexity index is 696. The van der Waals surface area contributed by atoms with Crippen molar-refractivity contribution in [3.05, 3.63) is 29.8 Å². The maximum Gasteiger partial charge on any atom is 0.209 e. The number of rotatable bonds is 8. The molecule has 0 N–H and O–H groups in total. The fourth-order valence-electron chi connectivity index (χ4n) is 2.60. The number of ether oxygens (including phenoxy) is 2. The third-order valence-electron chi connectivity index (χ3n) is 3.78. The molecule has 1 aromatic carbocycles. The van der Waals surface area contributed by atoms with Gasteiger partial charge in [-0.15, -0.1) is 5.10 Å². The van der Waals surface area contributed by atoms with Crippen LogP contribution in [0.2, 0.25) is 0 Å². The number of carbonyl (C=O) groups is 1. The third kappa shape index (κ3) is 5.02. The standard InChI is InChI=1S/C17H22N4O3S/c1-12(2)24-14-7-5-13(6-8-14)16(22)11-25-17-18-19-20-21(17)10-15-4-3-9-23-15/h5-8,12,15H,3-4,9-11H2,1-2H3/t15-/m1/s1. The molecule has 2 heterocycles. The molecule has 8 heteroatoms. The van der Waals surface area contributed by atoms with Gasteiger partial charge in [0.05, 0.1) is 24.5 Å². The SMILES string of the molecule is CC(C)Oc1ccc(C(=O)CSc2nnnn2C[C@H]2CCCO2)cc1. The predicted molar refractivity (Wildman–Crippen MR) is 94.1 cm³/mol. The summed E-state index contributed by atoms with van der Waals surface area (Å²) >= 11 is 1.35. The van der Waals surface area contributed by atoms with Crippen molar-refractivity contribution >= 4 is 17.5 Å². The minimum Gasteiger partial charge on any atom is -0.491 e. The summed E-state index contributed by atoms with van der Waals surface area (Å²) in [6.07, 6.45) is 2.37. The first kappa shape index (κ1) is 17.9. The molecule has 0 radical (unpaired) electrons. The quantitative estimate of drug-likeness (QED) is 0.527. The van der Waals surface area contributed by atoms with E-state index < -0.39 is 0 Å². The average molecular weight is 362 g/mol. The van der Waals surface area contributed by atoms with Crippen molar-refractivity contribution in [2.45, 2.75) is 50.6 Å². The zero-order valence-electron chi connectivity index (χ0n) is 14.4. The van der Waals surface area contributed by atoms with E-state index >= 15 is 0 Å². The Labute approximate surface area is 151 Å². The van der Waals surface area contributed by atoms with Crippen molar-refractivity contribution in [2.75, 3.05) is 12.4 Å². The summed E-state index contributed by atoms with van der Waals surface area (Å²) in [7, 11) is 0. The molecule has 0 bridgehead atoms. The minimum atomic E-state index is 0.0350. The number of tetrazole rings is 1. The van der Waals surface area contributed by atoms with E-state index in [9.17, 15) is 4.79 Å². The number of ketones is 1. The Morgan fingerprint density at radius 3 is 2.88 bits per heavy atom. The van der Waals surface area contributed by atoms with Crippen LogP contribution in [0.15, 0.2) is 29.4 Å². The topological polar surface area (TPSA) is 79.1 Å². The van der Waals surface area contributed by atoms with Gasteiger partial charge in [0.15, 0.2) is 5.78 Å². The predicted octanol–water partition coefficient (Wildman–Crippen LogP) is 2.61. The smallest absolute Gasteiger partial charge is 0.209 e. The van der Waals surface area contributed by atoms with Crippen LogP contribution in [0.1, 0.15) is 37.0 Å². The van der Waals surface area contributed by atoms with Crippen LogP contribution in [0.4, 0.5) is 0 Å². The Balaban J connectivity index is 1.54. The van der Waals surface area contributed by atoms with Gasteiger partial charge in [0.25, 0.3) is 0 Å². The van der Waals surface area contributed by atoms with Gasteiger partial charge in [-0.25, -0.2) is 4.68 Å². The highest BCUT2D eigenvalue weighted by atomic mass is 32.2. The third-order valence-corrected chi connectivity index (χ3v) is 4.74. The van der Waals surface area contributed by atoms with E-state index in [1.807, 2.05) is 26.0 Å². The van der Waals surface area contributed by atoms with Crippen LogP contribution < -0.4 is 4.74 Å². The normalized spacial score (nSPS) is 17.2. The van der Waals surface area contributed by atoms with E-state index in [4.69, 9.17) is 9.47 Å². The molecule has 1 fully saturated rings. The van der Waals surface area contributed by atoms with Crippen LogP contribution in [0.5, 0.6) is 5.75 Å². The molecule has 25 heavy (non-hydrogen) atoms. The molecule has 1 saturated heterocycles. The van der Waals surface area contributed by atoms with Crippen molar-refractivity contribution in [1.29, 1.82) is 0 Å². The second-order valence-corrected chi connectivity index (χ2v) is 7.12. The van der Waals surface area contributed by atoms with Gasteiger partial charge in [0, 0.05) is 12.2 Å². The molecule has 1 atom stereocenters. The number of benzene rings is 1. The van der Waals surface area contributed by atoms with E-state index in [-0.39, 0.29) is 23.7 Å². The summed E-state index contributed by atoms with van der Waals surface area (Å²) < 4.78 is 12.9. The maximum absolute atomic E-state index is 12.4. The Hall–Kier alpha value is -1.93. The average Bonchev–Trinajstić information content (AvgIpc) is 3.25. The van der Waals surface area contributed by atoms with Gasteiger partial charge < -0.3 is 9.47 Å². The number of Topliss-reactive ketones (excluding diaryl/α,β-unsaturated/α-hetero) is 1. The maximum atomic E-state index is 12.4. The molecule has 2 aromatic rings. The van der Waals surface area contributed by atoms with Gasteiger partial charge in [-0.05, 0) is 61.4 Å². The summed E-state index contributed by atoms with van der Waals surface area (Å²) in [6, 6.07) is 7.21. The Morgan fingerprint density at radius 2 is 2.20 bits per heavy atom. The first-order valence-electron chi connectivity index (χ1n) is 8.42.